The van der Waals surface area contributed by atoms with Crippen LogP contribution in [0.25, 0.3) is 0 Å². The van der Waals surface area contributed by atoms with Gasteiger partial charge in [-0.15, -0.1) is 34.2 Å². The van der Waals surface area contributed by atoms with Crippen LogP contribution >= 0.6 is 24.0 Å². The molecule has 2 rings (SSSR count). The maximum atomic E-state index is 5.13. The van der Waals surface area contributed by atoms with E-state index in [1.165, 1.54) is 5.56 Å². The summed E-state index contributed by atoms with van der Waals surface area (Å²) in [5.74, 6) is 2.53. The Labute approximate surface area is 203 Å². The number of nitrogens with one attached hydrogen (secondary N) is 2. The number of benzene rings is 1. The first-order valence-corrected chi connectivity index (χ1v) is 10.6. The third-order valence-electron chi connectivity index (χ3n) is 5.26. The van der Waals surface area contributed by atoms with E-state index in [4.69, 9.17) is 9.73 Å². The fourth-order valence-electron chi connectivity index (χ4n) is 2.98. The summed E-state index contributed by atoms with van der Waals surface area (Å²) in [6.45, 7) is 8.01. The van der Waals surface area contributed by atoms with E-state index in [-0.39, 0.29) is 24.0 Å². The summed E-state index contributed by atoms with van der Waals surface area (Å²) in [4.78, 5) is 7.07. The van der Waals surface area contributed by atoms with Crippen LogP contribution in [0.2, 0.25) is 0 Å². The molecule has 0 saturated carbocycles. The molecule has 2 N–H and O–H groups in total. The molecule has 8 nitrogen and oxygen atoms in total. The van der Waals surface area contributed by atoms with Crippen molar-refractivity contribution in [3.8, 4) is 0 Å². The fourth-order valence-corrected chi connectivity index (χ4v) is 2.98. The molecule has 2 aromatic rings. The number of guanidine groups is 1. The number of halogens is 1. The van der Waals surface area contributed by atoms with Crippen LogP contribution in [-0.2, 0) is 24.9 Å². The third-order valence-corrected chi connectivity index (χ3v) is 5.26. The summed E-state index contributed by atoms with van der Waals surface area (Å²) in [6.07, 6.45) is 1.95. The van der Waals surface area contributed by atoms with Crippen LogP contribution in [0.3, 0.4) is 0 Å². The molecular weight excluding hydrogens is 505 g/mol. The first-order chi connectivity index (χ1) is 14.5. The molecule has 0 radical (unpaired) electrons. The molecule has 1 aromatic heterocycles. The molecule has 1 aromatic carbocycles. The van der Waals surface area contributed by atoms with E-state index in [9.17, 15) is 0 Å². The van der Waals surface area contributed by atoms with E-state index in [0.29, 0.717) is 12.6 Å². The zero-order chi connectivity index (χ0) is 21.8. The van der Waals surface area contributed by atoms with Gasteiger partial charge in [-0.2, -0.15) is 0 Å². The largest absolute Gasteiger partial charge is 0.385 e. The summed E-state index contributed by atoms with van der Waals surface area (Å²) in [5.41, 5.74) is 1.33. The van der Waals surface area contributed by atoms with Gasteiger partial charge in [0.2, 0.25) is 0 Å². The first-order valence-electron chi connectivity index (χ1n) is 10.6. The van der Waals surface area contributed by atoms with Crippen LogP contribution in [0.1, 0.15) is 37.0 Å². The molecule has 1 heterocycles. The lowest BCUT2D eigenvalue weighted by molar-refractivity contribution is 0.195. The van der Waals surface area contributed by atoms with Gasteiger partial charge in [-0.05, 0) is 39.3 Å². The van der Waals surface area contributed by atoms with Crippen LogP contribution in [-0.4, -0.2) is 65.5 Å². The second-order valence-corrected chi connectivity index (χ2v) is 7.63. The number of ether oxygens (including phenoxy) is 1. The summed E-state index contributed by atoms with van der Waals surface area (Å²) in [5, 5.41) is 15.1. The zero-order valence-corrected chi connectivity index (χ0v) is 21.8. The number of hydrogen-bond acceptors (Lipinski definition) is 5. The molecule has 0 aliphatic heterocycles. The number of aromatic nitrogens is 3. The van der Waals surface area contributed by atoms with Crippen molar-refractivity contribution in [2.24, 2.45) is 12.0 Å². The van der Waals surface area contributed by atoms with E-state index in [1.54, 1.807) is 7.11 Å². The predicted octanol–water partition coefficient (Wildman–Crippen LogP) is 2.72. The summed E-state index contributed by atoms with van der Waals surface area (Å²) in [6, 6.07) is 11.0. The second kappa shape index (κ2) is 15.1. The van der Waals surface area contributed by atoms with Crippen LogP contribution in [0.4, 0.5) is 0 Å². The van der Waals surface area contributed by atoms with Crippen molar-refractivity contribution in [3.05, 3.63) is 47.5 Å². The van der Waals surface area contributed by atoms with Crippen molar-refractivity contribution >= 4 is 29.9 Å². The molecule has 0 spiro atoms. The highest BCUT2D eigenvalue weighted by Crippen LogP contribution is 2.08. The van der Waals surface area contributed by atoms with Gasteiger partial charge < -0.3 is 19.9 Å². The smallest absolute Gasteiger partial charge is 0.191 e. The molecule has 1 atom stereocenters. The molecule has 0 aliphatic rings. The Morgan fingerprint density at radius 2 is 1.90 bits per heavy atom. The molecule has 1 unspecified atom stereocenters. The average molecular weight is 543 g/mol. The van der Waals surface area contributed by atoms with Gasteiger partial charge in [0.1, 0.15) is 12.4 Å². The number of rotatable bonds is 12. The van der Waals surface area contributed by atoms with Crippen molar-refractivity contribution in [1.29, 1.82) is 0 Å². The predicted molar refractivity (Wildman–Crippen MR) is 137 cm³/mol. The number of aryl methyl sites for hydroxylation is 1. The van der Waals surface area contributed by atoms with E-state index in [2.05, 4.69) is 70.0 Å². The van der Waals surface area contributed by atoms with Gasteiger partial charge in [0.25, 0.3) is 0 Å². The Bertz CT molecular complexity index is 766. The van der Waals surface area contributed by atoms with Gasteiger partial charge in [0, 0.05) is 46.4 Å². The van der Waals surface area contributed by atoms with Crippen molar-refractivity contribution < 1.29 is 4.74 Å². The fraction of sp³-hybridized carbons (Fsp3) is 0.591. The van der Waals surface area contributed by atoms with Crippen LogP contribution < -0.4 is 10.6 Å². The summed E-state index contributed by atoms with van der Waals surface area (Å²) >= 11 is 0. The van der Waals surface area contributed by atoms with Crippen molar-refractivity contribution in [3.63, 3.8) is 0 Å². The monoisotopic (exact) mass is 543 g/mol. The lowest BCUT2D eigenvalue weighted by Gasteiger charge is -2.25. The minimum Gasteiger partial charge on any atom is -0.385 e. The average Bonchev–Trinajstić information content (AvgIpc) is 3.07. The highest BCUT2D eigenvalue weighted by atomic mass is 127. The minimum atomic E-state index is 0. The van der Waals surface area contributed by atoms with Crippen LogP contribution in [0.5, 0.6) is 0 Å². The highest BCUT2D eigenvalue weighted by Gasteiger charge is 2.10. The number of hydrogen-bond donors (Lipinski definition) is 2. The standard InChI is InChI=1S/C22H37N7O.HI/c1-18(28(3)17-20-10-7-6-8-11-20)12-14-24-22(23-13-9-15-30-5)25-16-21-27-26-19(2)29(21)4;/h6-8,10-11,18H,9,12-17H2,1-5H3,(H2,23,24,25);1H. The van der Waals surface area contributed by atoms with Gasteiger partial charge >= 0.3 is 0 Å². The molecule has 0 aliphatic carbocycles. The molecule has 9 heteroatoms. The van der Waals surface area contributed by atoms with Gasteiger partial charge in [0.15, 0.2) is 11.8 Å². The quantitative estimate of drug-likeness (QED) is 0.186. The molecule has 0 saturated heterocycles. The zero-order valence-electron chi connectivity index (χ0n) is 19.5. The Hall–Kier alpha value is -1.72. The Balaban J connectivity index is 0.00000480. The lowest BCUT2D eigenvalue weighted by atomic mass is 10.1. The Morgan fingerprint density at radius 3 is 2.55 bits per heavy atom. The highest BCUT2D eigenvalue weighted by molar-refractivity contribution is 14.0. The maximum Gasteiger partial charge on any atom is 0.191 e. The number of nitrogens with zero attached hydrogens (tertiary/aromatic N) is 5. The van der Waals surface area contributed by atoms with Gasteiger partial charge in [0.05, 0.1) is 0 Å². The third kappa shape index (κ3) is 9.96. The molecule has 174 valence electrons. The first kappa shape index (κ1) is 27.3. The Morgan fingerprint density at radius 1 is 1.19 bits per heavy atom. The van der Waals surface area contributed by atoms with Crippen molar-refractivity contribution in [1.82, 2.24) is 30.3 Å². The maximum absolute atomic E-state index is 5.13. The summed E-state index contributed by atoms with van der Waals surface area (Å²) in [7, 11) is 5.85. The lowest BCUT2D eigenvalue weighted by Crippen LogP contribution is -2.40. The van der Waals surface area contributed by atoms with E-state index >= 15 is 0 Å². The van der Waals surface area contributed by atoms with Crippen LogP contribution in [0, 0.1) is 6.92 Å². The van der Waals surface area contributed by atoms with E-state index < -0.39 is 0 Å². The molecule has 0 bridgehead atoms. The number of methoxy groups -OCH3 is 1. The minimum absolute atomic E-state index is 0. The molecule has 31 heavy (non-hydrogen) atoms. The second-order valence-electron chi connectivity index (χ2n) is 7.63. The van der Waals surface area contributed by atoms with Gasteiger partial charge in [-0.3, -0.25) is 4.90 Å². The number of aliphatic imine (C=N–C) groups is 1. The van der Waals surface area contributed by atoms with E-state index in [0.717, 1.165) is 56.7 Å². The molecular formula is C22H38IN7O. The Kier molecular flexibility index (Phi) is 13.3. The van der Waals surface area contributed by atoms with Crippen molar-refractivity contribution in [2.75, 3.05) is 33.9 Å². The topological polar surface area (TPSA) is 79.6 Å². The van der Waals surface area contributed by atoms with Gasteiger partial charge in [-0.25, -0.2) is 4.99 Å². The van der Waals surface area contributed by atoms with Gasteiger partial charge in [-0.1, -0.05) is 30.3 Å². The van der Waals surface area contributed by atoms with E-state index in [1.807, 2.05) is 18.5 Å². The normalized spacial score (nSPS) is 12.5. The van der Waals surface area contributed by atoms with Crippen LogP contribution in [0.15, 0.2) is 35.3 Å². The van der Waals surface area contributed by atoms with Crippen molar-refractivity contribution in [2.45, 2.75) is 45.8 Å². The SMILES string of the molecule is COCCCNC(=NCc1nnc(C)n1C)NCCC(C)N(C)Cc1ccccc1.I. The molecule has 0 fully saturated rings. The molecule has 0 amide bonds. The summed E-state index contributed by atoms with van der Waals surface area (Å²) < 4.78 is 7.10.